The summed E-state index contributed by atoms with van der Waals surface area (Å²) in [5.41, 5.74) is 1.31. The fourth-order valence-corrected chi connectivity index (χ4v) is 5.84. The van der Waals surface area contributed by atoms with Crippen LogP contribution in [0.1, 0.15) is 26.3 Å². The molecule has 1 heterocycles. The van der Waals surface area contributed by atoms with Gasteiger partial charge in [0, 0.05) is 41.8 Å². The molecule has 1 saturated heterocycles. The summed E-state index contributed by atoms with van der Waals surface area (Å²) >= 11 is 3.29. The minimum Gasteiger partial charge on any atom is -0.375 e. The van der Waals surface area contributed by atoms with Crippen LogP contribution in [0.3, 0.4) is 0 Å². The van der Waals surface area contributed by atoms with E-state index in [1.807, 2.05) is 47.5 Å². The van der Waals surface area contributed by atoms with Crippen LogP contribution in [-0.4, -0.2) is 67.7 Å². The molecule has 0 unspecified atom stereocenters. The Bertz CT molecular complexity index is 1490. The number of nitrogens with zero attached hydrogens (tertiary/aromatic N) is 3. The molecule has 188 valence electrons. The third-order valence-electron chi connectivity index (χ3n) is 6.50. The van der Waals surface area contributed by atoms with Crippen molar-refractivity contribution < 1.29 is 18.0 Å². The fourth-order valence-electron chi connectivity index (χ4n) is 4.55. The molecule has 3 aromatic rings. The van der Waals surface area contributed by atoms with E-state index in [2.05, 4.69) is 25.2 Å². The lowest BCUT2D eigenvalue weighted by atomic mass is 9.83. The molecule has 0 saturated carbocycles. The number of hydrogen-bond donors (Lipinski definition) is 0. The number of sulfonamides is 1. The predicted octanol–water partition coefficient (Wildman–Crippen LogP) is 4.32. The van der Waals surface area contributed by atoms with E-state index in [1.165, 1.54) is 12.1 Å². The first-order valence-corrected chi connectivity index (χ1v) is 14.1. The summed E-state index contributed by atoms with van der Waals surface area (Å²) in [4.78, 5) is 31.1. The second kappa shape index (κ2) is 10.5. The van der Waals surface area contributed by atoms with E-state index < -0.39 is 21.8 Å². The SMILES string of the molecule is O=C1C(=NS(=O)(=O)c2ccc(Br)cc2)[C@@H](N2CCN(/C=C/c3ccccc3)CC2)C(=O)c2ccccc21. The van der Waals surface area contributed by atoms with Crippen LogP contribution >= 0.6 is 15.9 Å². The monoisotopic (exact) mass is 577 g/mol. The number of fused-ring (bicyclic) bond motifs is 1. The molecule has 1 atom stereocenters. The highest BCUT2D eigenvalue weighted by Crippen LogP contribution is 2.26. The molecule has 0 bridgehead atoms. The molecule has 7 nitrogen and oxygen atoms in total. The number of rotatable bonds is 5. The molecule has 0 aromatic heterocycles. The van der Waals surface area contributed by atoms with Crippen molar-refractivity contribution in [2.24, 2.45) is 4.40 Å². The van der Waals surface area contributed by atoms with Gasteiger partial charge in [0.2, 0.25) is 5.78 Å². The topological polar surface area (TPSA) is 87.1 Å². The molecule has 0 N–H and O–H groups in total. The highest BCUT2D eigenvalue weighted by molar-refractivity contribution is 9.10. The van der Waals surface area contributed by atoms with Gasteiger partial charge in [0.25, 0.3) is 10.0 Å². The summed E-state index contributed by atoms with van der Waals surface area (Å²) in [5, 5.41) is 0. The van der Waals surface area contributed by atoms with Gasteiger partial charge in [-0.25, -0.2) is 0 Å². The molecule has 1 aliphatic heterocycles. The number of benzene rings is 3. The molecule has 1 aliphatic carbocycles. The van der Waals surface area contributed by atoms with Crippen molar-refractivity contribution in [1.82, 2.24) is 9.80 Å². The van der Waals surface area contributed by atoms with Crippen LogP contribution in [0.15, 0.2) is 98.8 Å². The van der Waals surface area contributed by atoms with Crippen LogP contribution in [0.4, 0.5) is 0 Å². The molecule has 0 amide bonds. The molecular formula is C28H24BrN3O4S. The van der Waals surface area contributed by atoms with E-state index in [1.54, 1.807) is 36.4 Å². The number of ketones is 2. The molecule has 5 rings (SSSR count). The van der Waals surface area contributed by atoms with Gasteiger partial charge in [-0.2, -0.15) is 12.8 Å². The van der Waals surface area contributed by atoms with Crippen molar-refractivity contribution in [2.75, 3.05) is 26.2 Å². The highest BCUT2D eigenvalue weighted by atomic mass is 79.9. The van der Waals surface area contributed by atoms with E-state index >= 15 is 0 Å². The Morgan fingerprint density at radius 2 is 1.43 bits per heavy atom. The van der Waals surface area contributed by atoms with E-state index in [-0.39, 0.29) is 22.0 Å². The quantitative estimate of drug-likeness (QED) is 0.449. The Balaban J connectivity index is 1.45. The number of halogens is 1. The van der Waals surface area contributed by atoms with Gasteiger partial charge >= 0.3 is 0 Å². The summed E-state index contributed by atoms with van der Waals surface area (Å²) in [6, 6.07) is 21.4. The minimum absolute atomic E-state index is 0.0445. The lowest BCUT2D eigenvalue weighted by Gasteiger charge is -2.39. The molecular weight excluding hydrogens is 554 g/mol. The minimum atomic E-state index is -4.21. The lowest BCUT2D eigenvalue weighted by molar-refractivity contribution is 0.0794. The van der Waals surface area contributed by atoms with Crippen molar-refractivity contribution in [3.63, 3.8) is 0 Å². The van der Waals surface area contributed by atoms with E-state index in [9.17, 15) is 18.0 Å². The van der Waals surface area contributed by atoms with Crippen molar-refractivity contribution in [3.05, 3.63) is 106 Å². The average Bonchev–Trinajstić information content (AvgIpc) is 2.92. The molecule has 2 aliphatic rings. The number of hydrogen-bond acceptors (Lipinski definition) is 6. The zero-order chi connectivity index (χ0) is 26.0. The van der Waals surface area contributed by atoms with Gasteiger partial charge in [0.05, 0.1) is 4.90 Å². The first-order chi connectivity index (χ1) is 17.8. The summed E-state index contributed by atoms with van der Waals surface area (Å²) < 4.78 is 31.0. The Kier molecular flexibility index (Phi) is 7.19. The second-order valence-corrected chi connectivity index (χ2v) is 11.4. The van der Waals surface area contributed by atoms with Gasteiger partial charge < -0.3 is 4.90 Å². The van der Waals surface area contributed by atoms with Crippen molar-refractivity contribution >= 4 is 49.3 Å². The average molecular weight is 578 g/mol. The van der Waals surface area contributed by atoms with E-state index in [0.717, 1.165) is 5.56 Å². The number of Topliss-reactive ketones (excluding diaryl/α,β-unsaturated/α-hetero) is 2. The van der Waals surface area contributed by atoms with Crippen molar-refractivity contribution in [2.45, 2.75) is 10.9 Å². The summed E-state index contributed by atoms with van der Waals surface area (Å²) in [5.74, 6) is -0.847. The molecule has 0 spiro atoms. The third-order valence-corrected chi connectivity index (χ3v) is 8.33. The zero-order valence-corrected chi connectivity index (χ0v) is 22.2. The maximum Gasteiger partial charge on any atom is 0.282 e. The van der Waals surface area contributed by atoms with Gasteiger partial charge in [0.1, 0.15) is 11.8 Å². The largest absolute Gasteiger partial charge is 0.375 e. The second-order valence-electron chi connectivity index (χ2n) is 8.85. The summed E-state index contributed by atoms with van der Waals surface area (Å²) in [6.07, 6.45) is 4.04. The molecule has 9 heteroatoms. The molecule has 0 radical (unpaired) electrons. The standard InChI is InChI=1S/C28H24BrN3O4S/c29-21-10-12-22(13-11-21)37(35,36)30-25-26(28(34)24-9-5-4-8-23(24)27(25)33)32-18-16-31(17-19-32)15-14-20-6-2-1-3-7-20/h1-15,26H,16-19H2/b15-14+,30-25?/t26-/m1/s1. The molecule has 1 fully saturated rings. The number of piperazine rings is 1. The van der Waals surface area contributed by atoms with Gasteiger partial charge in [-0.3, -0.25) is 14.5 Å². The van der Waals surface area contributed by atoms with E-state index in [4.69, 9.17) is 0 Å². The van der Waals surface area contributed by atoms with Crippen LogP contribution in [0, 0.1) is 0 Å². The summed E-state index contributed by atoms with van der Waals surface area (Å²) in [6.45, 7) is 2.19. The Hall–Kier alpha value is -3.40. The predicted molar refractivity (Wildman–Crippen MR) is 146 cm³/mol. The van der Waals surface area contributed by atoms with E-state index in [0.29, 0.717) is 36.2 Å². The maximum atomic E-state index is 13.6. The smallest absolute Gasteiger partial charge is 0.282 e. The van der Waals surface area contributed by atoms with Crippen LogP contribution < -0.4 is 0 Å². The van der Waals surface area contributed by atoms with Gasteiger partial charge in [0.15, 0.2) is 5.78 Å². The maximum absolute atomic E-state index is 13.6. The van der Waals surface area contributed by atoms with Crippen molar-refractivity contribution in [3.8, 4) is 0 Å². The Labute approximate surface area is 224 Å². The molecule has 3 aromatic carbocycles. The van der Waals surface area contributed by atoms with Gasteiger partial charge in [-0.05, 0) is 42.1 Å². The van der Waals surface area contributed by atoms with Gasteiger partial charge in [-0.15, -0.1) is 0 Å². The fraction of sp³-hybridized carbons (Fsp3) is 0.179. The van der Waals surface area contributed by atoms with Gasteiger partial charge in [-0.1, -0.05) is 70.5 Å². The number of carbonyl (C=O) groups is 2. The Morgan fingerprint density at radius 3 is 2.11 bits per heavy atom. The lowest BCUT2D eigenvalue weighted by Crippen LogP contribution is -2.57. The Morgan fingerprint density at radius 1 is 0.811 bits per heavy atom. The molecule has 37 heavy (non-hydrogen) atoms. The number of carbonyl (C=O) groups excluding carboxylic acids is 2. The first-order valence-electron chi connectivity index (χ1n) is 11.8. The van der Waals surface area contributed by atoms with Crippen molar-refractivity contribution in [1.29, 1.82) is 0 Å². The third kappa shape index (κ3) is 5.34. The zero-order valence-electron chi connectivity index (χ0n) is 19.8. The van der Waals surface area contributed by atoms with Crippen LogP contribution in [0.25, 0.3) is 6.08 Å². The first kappa shape index (κ1) is 25.3. The van der Waals surface area contributed by atoms with Crippen LogP contribution in [0.2, 0.25) is 0 Å². The normalized spacial score (nSPS) is 20.0. The summed E-state index contributed by atoms with van der Waals surface area (Å²) in [7, 11) is -4.21. The van der Waals surface area contributed by atoms with Crippen LogP contribution in [-0.2, 0) is 10.0 Å². The highest BCUT2D eigenvalue weighted by Gasteiger charge is 2.43. The van der Waals surface area contributed by atoms with Crippen LogP contribution in [0.5, 0.6) is 0 Å².